The molecule has 8 nitrogen and oxygen atoms in total. The number of ether oxygens (including phenoxy) is 3. The fourth-order valence-electron chi connectivity index (χ4n) is 3.94. The van der Waals surface area contributed by atoms with Crippen LogP contribution < -0.4 is 10.2 Å². The van der Waals surface area contributed by atoms with Gasteiger partial charge in [-0.15, -0.1) is 0 Å². The summed E-state index contributed by atoms with van der Waals surface area (Å²) in [5.41, 5.74) is 5.75. The Morgan fingerprint density at radius 1 is 1.20 bits per heavy atom. The molecule has 2 saturated heterocycles. The Bertz CT molecular complexity index is 990. The van der Waals surface area contributed by atoms with Crippen LogP contribution in [0.5, 0.6) is 5.75 Å². The Labute approximate surface area is 173 Å². The third-order valence-corrected chi connectivity index (χ3v) is 5.44. The number of fused-ring (bicyclic) bond motifs is 4. The molecule has 0 saturated carbocycles. The van der Waals surface area contributed by atoms with E-state index in [0.29, 0.717) is 12.3 Å². The Hall–Kier alpha value is -3.23. The Kier molecular flexibility index (Phi) is 4.94. The molecular weight excluding hydrogens is 386 g/mol. The summed E-state index contributed by atoms with van der Waals surface area (Å²) in [7, 11) is 1.62. The molecule has 3 aliphatic rings. The van der Waals surface area contributed by atoms with Gasteiger partial charge in [0.25, 0.3) is 0 Å². The second-order valence-corrected chi connectivity index (χ2v) is 7.33. The number of methoxy groups -OCH3 is 1. The molecule has 0 aliphatic carbocycles. The van der Waals surface area contributed by atoms with Crippen LogP contribution in [0.15, 0.2) is 64.9 Å². The molecular formula is C22H21N3O5. The minimum atomic E-state index is -0.626. The molecule has 4 atom stereocenters. The SMILES string of the molecule is COc1ccc(C2=NO[C@@H]3[C@H]4CO[C@@H](O4)/C(=N/NC(=O)Cc4ccccc4)[C@H]23)cc1. The van der Waals surface area contributed by atoms with Crippen LogP contribution in [0, 0.1) is 5.92 Å². The standard InChI is InChI=1S/C22H21N3O5/c1-27-15-9-7-14(8-10-15)19-18-20(22-28-12-16(29-22)21(18)30-25-19)24-23-17(26)11-13-5-3-2-4-6-13/h2-10,16,18,21-22H,11-12H2,1H3,(H,23,26)/b24-20+/t16-,18+,21-,22+/m1/s1. The topological polar surface area (TPSA) is 90.7 Å². The normalized spacial score (nSPS) is 27.9. The number of amides is 1. The highest BCUT2D eigenvalue weighted by Gasteiger charge is 2.55. The minimum Gasteiger partial charge on any atom is -0.497 e. The Balaban J connectivity index is 1.39. The quantitative estimate of drug-likeness (QED) is 0.765. The molecule has 154 valence electrons. The fraction of sp³-hybridized carbons (Fsp3) is 0.318. The van der Waals surface area contributed by atoms with Crippen LogP contribution in [0.1, 0.15) is 11.1 Å². The molecule has 3 heterocycles. The number of benzene rings is 2. The van der Waals surface area contributed by atoms with Crippen molar-refractivity contribution in [1.82, 2.24) is 5.43 Å². The molecule has 2 aromatic carbocycles. The average Bonchev–Trinajstić information content (AvgIpc) is 3.41. The molecule has 5 rings (SSSR count). The van der Waals surface area contributed by atoms with Crippen molar-refractivity contribution in [3.05, 3.63) is 65.7 Å². The molecule has 0 aromatic heterocycles. The van der Waals surface area contributed by atoms with E-state index in [0.717, 1.165) is 22.6 Å². The zero-order chi connectivity index (χ0) is 20.5. The number of nitrogens with zero attached hydrogens (tertiary/aromatic N) is 2. The molecule has 0 radical (unpaired) electrons. The zero-order valence-electron chi connectivity index (χ0n) is 16.4. The van der Waals surface area contributed by atoms with Gasteiger partial charge in [0.15, 0.2) is 12.4 Å². The van der Waals surface area contributed by atoms with Crippen LogP contribution in [-0.2, 0) is 25.5 Å². The number of hydrogen-bond acceptors (Lipinski definition) is 7. The van der Waals surface area contributed by atoms with E-state index in [1.54, 1.807) is 7.11 Å². The van der Waals surface area contributed by atoms with Crippen LogP contribution in [-0.4, -0.2) is 49.5 Å². The van der Waals surface area contributed by atoms with E-state index in [9.17, 15) is 4.79 Å². The van der Waals surface area contributed by atoms with Gasteiger partial charge in [-0.2, -0.15) is 5.10 Å². The van der Waals surface area contributed by atoms with Crippen molar-refractivity contribution in [3.63, 3.8) is 0 Å². The largest absolute Gasteiger partial charge is 0.497 e. The predicted molar refractivity (Wildman–Crippen MR) is 108 cm³/mol. The molecule has 8 heteroatoms. The first kappa shape index (κ1) is 18.8. The number of carbonyl (C=O) groups excluding carboxylic acids is 1. The van der Waals surface area contributed by atoms with Crippen LogP contribution in [0.25, 0.3) is 0 Å². The fourth-order valence-corrected chi connectivity index (χ4v) is 3.94. The van der Waals surface area contributed by atoms with Crippen LogP contribution in [0.2, 0.25) is 0 Å². The Morgan fingerprint density at radius 2 is 2.00 bits per heavy atom. The van der Waals surface area contributed by atoms with Gasteiger partial charge in [-0.3, -0.25) is 4.79 Å². The lowest BCUT2D eigenvalue weighted by atomic mass is 9.84. The lowest BCUT2D eigenvalue weighted by molar-refractivity contribution is -0.120. The van der Waals surface area contributed by atoms with Gasteiger partial charge >= 0.3 is 0 Å². The molecule has 0 spiro atoms. The van der Waals surface area contributed by atoms with Gasteiger partial charge in [-0.05, 0) is 29.8 Å². The molecule has 2 aromatic rings. The van der Waals surface area contributed by atoms with Gasteiger partial charge in [0.1, 0.15) is 17.6 Å². The molecule has 2 bridgehead atoms. The first-order chi connectivity index (χ1) is 14.7. The van der Waals surface area contributed by atoms with E-state index in [4.69, 9.17) is 19.0 Å². The van der Waals surface area contributed by atoms with Crippen LogP contribution in [0.3, 0.4) is 0 Å². The van der Waals surface area contributed by atoms with Gasteiger partial charge < -0.3 is 19.0 Å². The zero-order valence-corrected chi connectivity index (χ0v) is 16.4. The number of rotatable bonds is 5. The summed E-state index contributed by atoms with van der Waals surface area (Å²) in [5.74, 6) is 0.279. The maximum absolute atomic E-state index is 12.4. The monoisotopic (exact) mass is 407 g/mol. The van der Waals surface area contributed by atoms with Crippen molar-refractivity contribution in [2.45, 2.75) is 24.9 Å². The van der Waals surface area contributed by atoms with E-state index in [1.165, 1.54) is 0 Å². The molecule has 1 N–H and O–H groups in total. The summed E-state index contributed by atoms with van der Waals surface area (Å²) in [6.45, 7) is 0.397. The predicted octanol–water partition coefficient (Wildman–Crippen LogP) is 1.88. The second kappa shape index (κ2) is 7.89. The Morgan fingerprint density at radius 3 is 2.77 bits per heavy atom. The first-order valence-corrected chi connectivity index (χ1v) is 9.78. The highest BCUT2D eigenvalue weighted by atomic mass is 16.7. The lowest BCUT2D eigenvalue weighted by Gasteiger charge is -2.30. The smallest absolute Gasteiger partial charge is 0.244 e. The van der Waals surface area contributed by atoms with Gasteiger partial charge in [0.2, 0.25) is 5.91 Å². The molecule has 1 amide bonds. The van der Waals surface area contributed by atoms with E-state index >= 15 is 0 Å². The number of hydrogen-bond donors (Lipinski definition) is 1. The molecule has 30 heavy (non-hydrogen) atoms. The van der Waals surface area contributed by atoms with Crippen LogP contribution >= 0.6 is 0 Å². The average molecular weight is 407 g/mol. The van der Waals surface area contributed by atoms with Gasteiger partial charge in [0.05, 0.1) is 31.8 Å². The minimum absolute atomic E-state index is 0.216. The van der Waals surface area contributed by atoms with Crippen LogP contribution in [0.4, 0.5) is 0 Å². The molecule has 0 unspecified atom stereocenters. The van der Waals surface area contributed by atoms with Crippen molar-refractivity contribution in [2.24, 2.45) is 16.2 Å². The number of nitrogens with one attached hydrogen (secondary N) is 1. The van der Waals surface area contributed by atoms with Crippen molar-refractivity contribution in [3.8, 4) is 5.75 Å². The summed E-state index contributed by atoms with van der Waals surface area (Å²) in [6.07, 6.45) is -0.959. The van der Waals surface area contributed by atoms with Crippen molar-refractivity contribution >= 4 is 17.3 Å². The van der Waals surface area contributed by atoms with Gasteiger partial charge in [-0.1, -0.05) is 35.5 Å². The summed E-state index contributed by atoms with van der Waals surface area (Å²) < 4.78 is 16.8. The van der Waals surface area contributed by atoms with Crippen molar-refractivity contribution < 1.29 is 23.8 Å². The van der Waals surface area contributed by atoms with E-state index in [-0.39, 0.29) is 30.5 Å². The number of hydrazone groups is 1. The third kappa shape index (κ3) is 3.44. The summed E-state index contributed by atoms with van der Waals surface area (Å²) in [5, 5.41) is 8.71. The van der Waals surface area contributed by atoms with E-state index in [1.807, 2.05) is 54.6 Å². The van der Waals surface area contributed by atoms with Crippen molar-refractivity contribution in [2.75, 3.05) is 13.7 Å². The number of oxime groups is 1. The van der Waals surface area contributed by atoms with Gasteiger partial charge in [0, 0.05) is 5.56 Å². The van der Waals surface area contributed by atoms with E-state index < -0.39 is 6.29 Å². The maximum Gasteiger partial charge on any atom is 0.244 e. The number of carbonyl (C=O) groups is 1. The molecule has 2 fully saturated rings. The highest BCUT2D eigenvalue weighted by Crippen LogP contribution is 2.38. The van der Waals surface area contributed by atoms with Crippen molar-refractivity contribution in [1.29, 1.82) is 0 Å². The second-order valence-electron chi connectivity index (χ2n) is 7.33. The third-order valence-electron chi connectivity index (χ3n) is 5.44. The summed E-state index contributed by atoms with van der Waals surface area (Å²) >= 11 is 0. The molecule has 3 aliphatic heterocycles. The van der Waals surface area contributed by atoms with E-state index in [2.05, 4.69) is 15.7 Å². The van der Waals surface area contributed by atoms with Gasteiger partial charge in [-0.25, -0.2) is 5.43 Å². The summed E-state index contributed by atoms with van der Waals surface area (Å²) in [6, 6.07) is 17.1. The lowest BCUT2D eigenvalue weighted by Crippen LogP contribution is -2.49. The maximum atomic E-state index is 12.4. The summed E-state index contributed by atoms with van der Waals surface area (Å²) in [4.78, 5) is 18.1. The highest BCUT2D eigenvalue weighted by molar-refractivity contribution is 6.17. The first-order valence-electron chi connectivity index (χ1n) is 9.78.